The number of nitrogens with one attached hydrogen (secondary N) is 1. The van der Waals surface area contributed by atoms with Gasteiger partial charge in [-0.1, -0.05) is 18.2 Å². The number of hydrogen-bond acceptors (Lipinski definition) is 3. The van der Waals surface area contributed by atoms with Crippen molar-refractivity contribution in [2.75, 3.05) is 18.5 Å². The Bertz CT molecular complexity index is 476. The second-order valence-electron chi connectivity index (χ2n) is 6.31. The fraction of sp³-hybridized carbons (Fsp3) is 0.562. The molecule has 0 saturated carbocycles. The molecular formula is C16H24N2O2. The van der Waals surface area contributed by atoms with E-state index < -0.39 is 5.60 Å². The predicted octanol–water partition coefficient (Wildman–Crippen LogP) is 2.96. The SMILES string of the molecule is CN(C(=O)OC(C)(C)C)c1ccccc1CC1CCN1. The highest BCUT2D eigenvalue weighted by Gasteiger charge is 2.23. The Morgan fingerprint density at radius 3 is 2.60 bits per heavy atom. The molecule has 0 spiro atoms. The summed E-state index contributed by atoms with van der Waals surface area (Å²) in [5.74, 6) is 0. The summed E-state index contributed by atoms with van der Waals surface area (Å²) in [4.78, 5) is 13.8. The van der Waals surface area contributed by atoms with Crippen LogP contribution in [-0.4, -0.2) is 31.3 Å². The monoisotopic (exact) mass is 276 g/mol. The van der Waals surface area contributed by atoms with Crippen LogP contribution in [0.4, 0.5) is 10.5 Å². The molecule has 1 amide bonds. The van der Waals surface area contributed by atoms with Gasteiger partial charge in [0.1, 0.15) is 5.60 Å². The molecule has 1 N–H and O–H groups in total. The lowest BCUT2D eigenvalue weighted by atomic mass is 9.97. The lowest BCUT2D eigenvalue weighted by Gasteiger charge is -2.30. The van der Waals surface area contributed by atoms with E-state index in [4.69, 9.17) is 4.74 Å². The number of para-hydroxylation sites is 1. The molecule has 4 heteroatoms. The minimum absolute atomic E-state index is 0.313. The van der Waals surface area contributed by atoms with Gasteiger partial charge in [-0.15, -0.1) is 0 Å². The van der Waals surface area contributed by atoms with Gasteiger partial charge < -0.3 is 10.1 Å². The fourth-order valence-electron chi connectivity index (χ4n) is 2.23. The molecule has 110 valence electrons. The van der Waals surface area contributed by atoms with Crippen molar-refractivity contribution in [3.8, 4) is 0 Å². The number of carbonyl (C=O) groups excluding carboxylic acids is 1. The summed E-state index contributed by atoms with van der Waals surface area (Å²) < 4.78 is 5.43. The van der Waals surface area contributed by atoms with Gasteiger partial charge in [0.05, 0.1) is 0 Å². The fourth-order valence-corrected chi connectivity index (χ4v) is 2.23. The van der Waals surface area contributed by atoms with E-state index in [2.05, 4.69) is 11.4 Å². The topological polar surface area (TPSA) is 41.6 Å². The molecule has 1 aromatic rings. The average molecular weight is 276 g/mol. The molecule has 1 fully saturated rings. The zero-order chi connectivity index (χ0) is 14.8. The van der Waals surface area contributed by atoms with Crippen molar-refractivity contribution in [1.82, 2.24) is 5.32 Å². The van der Waals surface area contributed by atoms with Gasteiger partial charge in [-0.3, -0.25) is 4.90 Å². The van der Waals surface area contributed by atoms with Crippen molar-refractivity contribution in [2.24, 2.45) is 0 Å². The number of ether oxygens (including phenoxy) is 1. The molecular weight excluding hydrogens is 252 g/mol. The first-order chi connectivity index (χ1) is 9.37. The first kappa shape index (κ1) is 14.9. The highest BCUT2D eigenvalue weighted by molar-refractivity contribution is 5.88. The summed E-state index contributed by atoms with van der Waals surface area (Å²) in [6, 6.07) is 8.55. The molecule has 1 unspecified atom stereocenters. The van der Waals surface area contributed by atoms with Gasteiger partial charge in [-0.2, -0.15) is 0 Å². The van der Waals surface area contributed by atoms with Crippen LogP contribution in [0.1, 0.15) is 32.8 Å². The molecule has 4 nitrogen and oxygen atoms in total. The number of nitrogens with zero attached hydrogens (tertiary/aromatic N) is 1. The zero-order valence-electron chi connectivity index (χ0n) is 12.8. The van der Waals surface area contributed by atoms with E-state index in [0.29, 0.717) is 6.04 Å². The quantitative estimate of drug-likeness (QED) is 0.923. The highest BCUT2D eigenvalue weighted by Crippen LogP contribution is 2.24. The second-order valence-corrected chi connectivity index (χ2v) is 6.31. The van der Waals surface area contributed by atoms with Gasteiger partial charge >= 0.3 is 6.09 Å². The summed E-state index contributed by atoms with van der Waals surface area (Å²) in [6.45, 7) is 6.73. The van der Waals surface area contributed by atoms with Gasteiger partial charge in [0.15, 0.2) is 0 Å². The summed E-state index contributed by atoms with van der Waals surface area (Å²) in [5, 5.41) is 3.39. The number of amides is 1. The van der Waals surface area contributed by atoms with Gasteiger partial charge in [-0.05, 0) is 51.8 Å². The number of rotatable bonds is 3. The zero-order valence-corrected chi connectivity index (χ0v) is 12.8. The second kappa shape index (κ2) is 5.83. The number of benzene rings is 1. The van der Waals surface area contributed by atoms with Gasteiger partial charge in [0.2, 0.25) is 0 Å². The molecule has 1 saturated heterocycles. The summed E-state index contributed by atoms with van der Waals surface area (Å²) in [7, 11) is 1.76. The molecule has 1 atom stereocenters. The molecule has 1 aliphatic rings. The minimum Gasteiger partial charge on any atom is -0.443 e. The Kier molecular flexibility index (Phi) is 4.33. The first-order valence-electron chi connectivity index (χ1n) is 7.15. The van der Waals surface area contributed by atoms with Crippen LogP contribution in [0.5, 0.6) is 0 Å². The lowest BCUT2D eigenvalue weighted by Crippen LogP contribution is -2.44. The van der Waals surface area contributed by atoms with E-state index in [1.54, 1.807) is 11.9 Å². The molecule has 0 radical (unpaired) electrons. The van der Waals surface area contributed by atoms with Crippen LogP contribution in [-0.2, 0) is 11.2 Å². The van der Waals surface area contributed by atoms with Crippen LogP contribution in [0.25, 0.3) is 0 Å². The van der Waals surface area contributed by atoms with Gasteiger partial charge in [-0.25, -0.2) is 4.79 Å². The maximum absolute atomic E-state index is 12.2. The number of carbonyl (C=O) groups is 1. The van der Waals surface area contributed by atoms with E-state index in [9.17, 15) is 4.79 Å². The molecule has 0 aromatic heterocycles. The normalized spacial score (nSPS) is 18.3. The third-order valence-electron chi connectivity index (χ3n) is 3.41. The van der Waals surface area contributed by atoms with E-state index in [0.717, 1.165) is 18.7 Å². The molecule has 20 heavy (non-hydrogen) atoms. The van der Waals surface area contributed by atoms with E-state index in [1.165, 1.54) is 12.0 Å². The maximum Gasteiger partial charge on any atom is 0.414 e. The third-order valence-corrected chi connectivity index (χ3v) is 3.41. The van der Waals surface area contributed by atoms with E-state index in [-0.39, 0.29) is 6.09 Å². The van der Waals surface area contributed by atoms with Crippen molar-refractivity contribution in [3.63, 3.8) is 0 Å². The van der Waals surface area contributed by atoms with Crippen LogP contribution >= 0.6 is 0 Å². The Labute approximate surface area is 121 Å². The summed E-state index contributed by atoms with van der Waals surface area (Å²) >= 11 is 0. The molecule has 1 aliphatic heterocycles. The molecule has 1 aromatic carbocycles. The summed E-state index contributed by atoms with van der Waals surface area (Å²) in [6.07, 6.45) is 1.83. The third kappa shape index (κ3) is 3.73. The number of hydrogen-bond donors (Lipinski definition) is 1. The van der Waals surface area contributed by atoms with E-state index in [1.807, 2.05) is 39.0 Å². The molecule has 2 rings (SSSR count). The van der Waals surface area contributed by atoms with Crippen LogP contribution in [0, 0.1) is 0 Å². The minimum atomic E-state index is -0.476. The predicted molar refractivity (Wildman–Crippen MR) is 81.2 cm³/mol. The van der Waals surface area contributed by atoms with Crippen molar-refractivity contribution in [1.29, 1.82) is 0 Å². The smallest absolute Gasteiger partial charge is 0.414 e. The molecule has 1 heterocycles. The van der Waals surface area contributed by atoms with Crippen LogP contribution < -0.4 is 10.2 Å². The van der Waals surface area contributed by atoms with Gasteiger partial charge in [0.25, 0.3) is 0 Å². The van der Waals surface area contributed by atoms with Crippen molar-refractivity contribution in [2.45, 2.75) is 45.3 Å². The Morgan fingerprint density at radius 2 is 2.05 bits per heavy atom. The van der Waals surface area contributed by atoms with Crippen molar-refractivity contribution >= 4 is 11.8 Å². The number of anilines is 1. The van der Waals surface area contributed by atoms with Crippen molar-refractivity contribution < 1.29 is 9.53 Å². The average Bonchev–Trinajstić information content (AvgIpc) is 2.31. The molecule has 0 bridgehead atoms. The highest BCUT2D eigenvalue weighted by atomic mass is 16.6. The molecule has 0 aliphatic carbocycles. The largest absolute Gasteiger partial charge is 0.443 e. The Hall–Kier alpha value is -1.55. The van der Waals surface area contributed by atoms with Crippen LogP contribution in [0.2, 0.25) is 0 Å². The summed E-state index contributed by atoms with van der Waals surface area (Å²) in [5.41, 5.74) is 1.63. The Balaban J connectivity index is 2.12. The van der Waals surface area contributed by atoms with E-state index >= 15 is 0 Å². The standard InChI is InChI=1S/C16H24N2O2/c1-16(2,3)20-15(19)18(4)14-8-6-5-7-12(14)11-13-9-10-17-13/h5-8,13,17H,9-11H2,1-4H3. The van der Waals surface area contributed by atoms with Gasteiger partial charge in [0, 0.05) is 18.8 Å². The van der Waals surface area contributed by atoms with Crippen LogP contribution in [0.15, 0.2) is 24.3 Å². The lowest BCUT2D eigenvalue weighted by molar-refractivity contribution is 0.0589. The van der Waals surface area contributed by atoms with Crippen LogP contribution in [0.3, 0.4) is 0 Å². The maximum atomic E-state index is 12.2. The van der Waals surface area contributed by atoms with Crippen molar-refractivity contribution in [3.05, 3.63) is 29.8 Å². The first-order valence-corrected chi connectivity index (χ1v) is 7.15. The Morgan fingerprint density at radius 1 is 1.40 bits per heavy atom.